The van der Waals surface area contributed by atoms with E-state index in [0.717, 1.165) is 12.4 Å². The number of nitrogens with zero attached hydrogens (tertiary/aromatic N) is 5. The van der Waals surface area contributed by atoms with Gasteiger partial charge < -0.3 is 15.4 Å². The van der Waals surface area contributed by atoms with E-state index in [2.05, 4.69) is 20.0 Å². The van der Waals surface area contributed by atoms with Crippen molar-refractivity contribution in [2.24, 2.45) is 5.73 Å². The van der Waals surface area contributed by atoms with Gasteiger partial charge in [-0.3, -0.25) is 0 Å². The van der Waals surface area contributed by atoms with Crippen molar-refractivity contribution >= 4 is 40.2 Å². The lowest BCUT2D eigenvalue weighted by Crippen LogP contribution is -2.46. The van der Waals surface area contributed by atoms with Crippen LogP contribution in [0, 0.1) is 0 Å². The molecule has 0 spiro atoms. The number of hydrogen-bond donors (Lipinski definition) is 1. The third-order valence-corrected chi connectivity index (χ3v) is 4.96. The second kappa shape index (κ2) is 6.76. The Morgan fingerprint density at radius 2 is 2.16 bits per heavy atom. The van der Waals surface area contributed by atoms with Crippen molar-refractivity contribution in [3.8, 4) is 5.69 Å². The molecular weight excluding hydrogens is 363 g/mol. The molecule has 7 nitrogen and oxygen atoms in total. The molecule has 25 heavy (non-hydrogen) atoms. The van der Waals surface area contributed by atoms with Crippen molar-refractivity contribution in [2.45, 2.75) is 6.10 Å². The molecule has 4 rings (SSSR count). The number of halogens is 2. The molecule has 1 fully saturated rings. The average Bonchev–Trinajstić information content (AvgIpc) is 3.07. The Bertz CT molecular complexity index is 915. The highest BCUT2D eigenvalue weighted by Crippen LogP contribution is 2.29. The van der Waals surface area contributed by atoms with Crippen LogP contribution in [-0.2, 0) is 4.74 Å². The first-order valence-corrected chi connectivity index (χ1v) is 8.64. The minimum absolute atomic E-state index is 0.0132. The normalized spacial score (nSPS) is 18.0. The number of anilines is 1. The van der Waals surface area contributed by atoms with Gasteiger partial charge in [-0.15, -0.1) is 0 Å². The van der Waals surface area contributed by atoms with E-state index in [4.69, 9.17) is 33.7 Å². The summed E-state index contributed by atoms with van der Waals surface area (Å²) < 4.78 is 7.24. The van der Waals surface area contributed by atoms with Gasteiger partial charge in [0.05, 0.1) is 40.8 Å². The number of ether oxygens (including phenoxy) is 1. The van der Waals surface area contributed by atoms with Crippen molar-refractivity contribution in [1.29, 1.82) is 0 Å². The summed E-state index contributed by atoms with van der Waals surface area (Å²) in [5, 5.41) is 5.27. The minimum Gasteiger partial charge on any atom is -0.373 e. The van der Waals surface area contributed by atoms with Gasteiger partial charge in [0.25, 0.3) is 0 Å². The van der Waals surface area contributed by atoms with Crippen LogP contribution in [0.1, 0.15) is 0 Å². The molecule has 3 heterocycles. The van der Waals surface area contributed by atoms with Gasteiger partial charge in [-0.25, -0.2) is 14.6 Å². The fraction of sp³-hybridized carbons (Fsp3) is 0.312. The molecule has 0 radical (unpaired) electrons. The predicted molar refractivity (Wildman–Crippen MR) is 97.7 cm³/mol. The molecule has 2 aromatic heterocycles. The zero-order valence-electron chi connectivity index (χ0n) is 13.3. The lowest BCUT2D eigenvalue weighted by Gasteiger charge is -2.32. The Morgan fingerprint density at radius 3 is 3.00 bits per heavy atom. The summed E-state index contributed by atoms with van der Waals surface area (Å²) in [6.07, 6.45) is 3.42. The highest BCUT2D eigenvalue weighted by molar-refractivity contribution is 6.43. The molecule has 2 N–H and O–H groups in total. The first kappa shape index (κ1) is 16.5. The highest BCUT2D eigenvalue weighted by atomic mass is 35.5. The molecule has 0 aliphatic carbocycles. The summed E-state index contributed by atoms with van der Waals surface area (Å²) >= 11 is 12.4. The van der Waals surface area contributed by atoms with E-state index in [1.165, 1.54) is 0 Å². The number of rotatable bonds is 3. The molecule has 1 saturated heterocycles. The lowest BCUT2D eigenvalue weighted by molar-refractivity contribution is 0.0463. The number of fused-ring (bicyclic) bond motifs is 1. The molecule has 3 aromatic rings. The average molecular weight is 379 g/mol. The monoisotopic (exact) mass is 378 g/mol. The maximum Gasteiger partial charge on any atom is 0.181 e. The van der Waals surface area contributed by atoms with Crippen LogP contribution in [-0.4, -0.2) is 52.1 Å². The standard InChI is InChI=1S/C16H16Cl2N6O/c17-11-2-1-3-13(15(11)18)24-16-12(7-21-24)22-14(8-20-16)23-4-5-25-10(6-19)9-23/h1-3,7-8,10H,4-6,9,19H2/t10-/m0/s1. The second-order valence-corrected chi connectivity index (χ2v) is 6.53. The molecular formula is C16H16Cl2N6O. The quantitative estimate of drug-likeness (QED) is 0.752. The molecule has 0 amide bonds. The van der Waals surface area contributed by atoms with Crippen molar-refractivity contribution < 1.29 is 4.74 Å². The number of hydrogen-bond acceptors (Lipinski definition) is 6. The zero-order valence-corrected chi connectivity index (χ0v) is 14.8. The maximum atomic E-state index is 6.30. The van der Waals surface area contributed by atoms with Crippen LogP contribution < -0.4 is 10.6 Å². The maximum absolute atomic E-state index is 6.30. The molecule has 0 unspecified atom stereocenters. The second-order valence-electron chi connectivity index (χ2n) is 5.74. The van der Waals surface area contributed by atoms with E-state index in [9.17, 15) is 0 Å². The fourth-order valence-corrected chi connectivity index (χ4v) is 3.23. The van der Waals surface area contributed by atoms with Gasteiger partial charge in [0, 0.05) is 19.6 Å². The van der Waals surface area contributed by atoms with Crippen LogP contribution in [0.15, 0.2) is 30.6 Å². The third-order valence-electron chi connectivity index (χ3n) is 4.15. The van der Waals surface area contributed by atoms with Crippen LogP contribution in [0.3, 0.4) is 0 Å². The van der Waals surface area contributed by atoms with Crippen LogP contribution >= 0.6 is 23.2 Å². The zero-order chi connectivity index (χ0) is 17.4. The summed E-state index contributed by atoms with van der Waals surface area (Å²) in [4.78, 5) is 11.3. The van der Waals surface area contributed by atoms with Crippen molar-refractivity contribution in [1.82, 2.24) is 19.7 Å². The van der Waals surface area contributed by atoms with Gasteiger partial charge in [0.1, 0.15) is 11.3 Å². The summed E-state index contributed by atoms with van der Waals surface area (Å²) in [6, 6.07) is 5.39. The fourth-order valence-electron chi connectivity index (χ4n) is 2.86. The Labute approximate surface area is 154 Å². The summed E-state index contributed by atoms with van der Waals surface area (Å²) in [7, 11) is 0. The van der Waals surface area contributed by atoms with Gasteiger partial charge in [0.2, 0.25) is 0 Å². The number of nitrogens with two attached hydrogens (primary N) is 1. The van der Waals surface area contributed by atoms with E-state index in [1.807, 2.05) is 12.1 Å². The molecule has 1 aliphatic heterocycles. The predicted octanol–water partition coefficient (Wildman–Crippen LogP) is 2.29. The Kier molecular flexibility index (Phi) is 4.47. The Morgan fingerprint density at radius 1 is 1.28 bits per heavy atom. The SMILES string of the molecule is NC[C@H]1CN(c2cnc3c(cnn3-c3cccc(Cl)c3Cl)n2)CCO1. The van der Waals surface area contributed by atoms with Gasteiger partial charge in [-0.05, 0) is 12.1 Å². The number of morpholine rings is 1. The van der Waals surface area contributed by atoms with Crippen LogP contribution in [0.4, 0.5) is 5.82 Å². The van der Waals surface area contributed by atoms with Crippen LogP contribution in [0.2, 0.25) is 10.0 Å². The van der Waals surface area contributed by atoms with E-state index in [0.29, 0.717) is 46.6 Å². The molecule has 1 aliphatic rings. The van der Waals surface area contributed by atoms with E-state index >= 15 is 0 Å². The molecule has 1 atom stereocenters. The third kappa shape index (κ3) is 3.04. The van der Waals surface area contributed by atoms with E-state index in [-0.39, 0.29) is 6.10 Å². The van der Waals surface area contributed by atoms with Crippen molar-refractivity contribution in [2.75, 3.05) is 31.1 Å². The van der Waals surface area contributed by atoms with Gasteiger partial charge in [-0.1, -0.05) is 29.3 Å². The van der Waals surface area contributed by atoms with Crippen LogP contribution in [0.25, 0.3) is 16.9 Å². The first-order chi connectivity index (χ1) is 12.2. The summed E-state index contributed by atoms with van der Waals surface area (Å²) in [6.45, 7) is 2.56. The Hall–Kier alpha value is -1.93. The molecule has 9 heteroatoms. The van der Waals surface area contributed by atoms with E-state index in [1.54, 1.807) is 23.1 Å². The lowest BCUT2D eigenvalue weighted by atomic mass is 10.3. The van der Waals surface area contributed by atoms with Gasteiger partial charge in [-0.2, -0.15) is 5.10 Å². The number of benzene rings is 1. The largest absolute Gasteiger partial charge is 0.373 e. The van der Waals surface area contributed by atoms with Gasteiger partial charge >= 0.3 is 0 Å². The Balaban J connectivity index is 1.71. The summed E-state index contributed by atoms with van der Waals surface area (Å²) in [5.41, 5.74) is 7.68. The smallest absolute Gasteiger partial charge is 0.181 e. The van der Waals surface area contributed by atoms with Gasteiger partial charge in [0.15, 0.2) is 5.65 Å². The van der Waals surface area contributed by atoms with Crippen LogP contribution in [0.5, 0.6) is 0 Å². The molecule has 0 saturated carbocycles. The first-order valence-electron chi connectivity index (χ1n) is 7.89. The molecule has 0 bridgehead atoms. The van der Waals surface area contributed by atoms with Crippen molar-refractivity contribution in [3.05, 3.63) is 40.6 Å². The van der Waals surface area contributed by atoms with E-state index < -0.39 is 0 Å². The topological polar surface area (TPSA) is 82.1 Å². The highest BCUT2D eigenvalue weighted by Gasteiger charge is 2.21. The summed E-state index contributed by atoms with van der Waals surface area (Å²) in [5.74, 6) is 0.783. The molecule has 1 aromatic carbocycles. The number of aromatic nitrogens is 4. The minimum atomic E-state index is 0.0132. The molecule has 130 valence electrons. The van der Waals surface area contributed by atoms with Crippen molar-refractivity contribution in [3.63, 3.8) is 0 Å².